The van der Waals surface area contributed by atoms with Gasteiger partial charge in [0.05, 0.1) is 37.7 Å². The summed E-state index contributed by atoms with van der Waals surface area (Å²) >= 11 is 0. The van der Waals surface area contributed by atoms with Crippen molar-refractivity contribution < 1.29 is 31.3 Å². The van der Waals surface area contributed by atoms with Gasteiger partial charge >= 0.3 is 5.97 Å². The number of carbonyl (C=O) groups is 2. The maximum atomic E-state index is 11.8. The minimum absolute atomic E-state index is 0. The van der Waals surface area contributed by atoms with E-state index in [0.717, 1.165) is 6.42 Å². The minimum atomic E-state index is -0.895. The molecule has 0 atom stereocenters. The average molecular weight is 467 g/mol. The molecule has 27 heavy (non-hydrogen) atoms. The van der Waals surface area contributed by atoms with Crippen LogP contribution in [0.3, 0.4) is 0 Å². The number of hydrogen-bond donors (Lipinski definition) is 0. The second kappa shape index (κ2) is 18.1. The molecule has 0 aliphatic rings. The zero-order valence-electron chi connectivity index (χ0n) is 18.5. The Morgan fingerprint density at radius 3 is 1.63 bits per heavy atom. The first-order valence-electron chi connectivity index (χ1n) is 10.9. The predicted octanol–water partition coefficient (Wildman–Crippen LogP) is 3.35. The van der Waals surface area contributed by atoms with Crippen molar-refractivity contribution >= 4 is 19.0 Å². The number of halogens is 1. The molecule has 0 bridgehead atoms. The summed E-state index contributed by atoms with van der Waals surface area (Å²) in [5.41, 5.74) is 0. The zero-order chi connectivity index (χ0) is 19.8. The third-order valence-electron chi connectivity index (χ3n) is 5.22. The molecule has 0 amide bonds. The van der Waals surface area contributed by atoms with Crippen molar-refractivity contribution in [1.29, 1.82) is 0 Å². The minimum Gasteiger partial charge on any atom is -1.00 e. The van der Waals surface area contributed by atoms with E-state index >= 15 is 0 Å². The van der Waals surface area contributed by atoms with Crippen LogP contribution in [-0.4, -0.2) is 43.0 Å². The molecular formula is C22H44BrO3P. The number of ether oxygens (including phenoxy) is 1. The molecular weight excluding hydrogens is 423 g/mol. The van der Waals surface area contributed by atoms with Gasteiger partial charge in [-0.05, 0) is 19.3 Å². The average Bonchev–Trinajstić information content (AvgIpc) is 2.63. The Labute approximate surface area is 179 Å². The molecule has 0 saturated heterocycles. The van der Waals surface area contributed by atoms with Crippen molar-refractivity contribution in [2.24, 2.45) is 5.92 Å². The van der Waals surface area contributed by atoms with Gasteiger partial charge in [-0.2, -0.15) is 0 Å². The smallest absolute Gasteiger partial charge is 0.306 e. The molecule has 0 rings (SSSR count). The summed E-state index contributed by atoms with van der Waals surface area (Å²) in [5.74, 6) is -0.0619. The number of ketones is 1. The molecule has 162 valence electrons. The fraction of sp³-hybridized carbons (Fsp3) is 0.909. The van der Waals surface area contributed by atoms with Crippen LogP contribution in [0.15, 0.2) is 0 Å². The summed E-state index contributed by atoms with van der Waals surface area (Å²) in [6.07, 6.45) is 14.9. The van der Waals surface area contributed by atoms with Crippen molar-refractivity contribution in [2.75, 3.05) is 31.3 Å². The van der Waals surface area contributed by atoms with Gasteiger partial charge in [-0.3, -0.25) is 9.59 Å². The first-order valence-corrected chi connectivity index (χ1v) is 13.5. The Bertz CT molecular complexity index is 364. The highest BCUT2D eigenvalue weighted by Gasteiger charge is 2.34. The highest BCUT2D eigenvalue weighted by atomic mass is 79.9. The number of unbranched alkanes of at least 4 members (excludes halogenated alkanes) is 3. The Hall–Kier alpha value is 0.0500. The molecule has 0 aromatic carbocycles. The lowest BCUT2D eigenvalue weighted by molar-refractivity contribution is -0.145. The fourth-order valence-electron chi connectivity index (χ4n) is 3.32. The largest absolute Gasteiger partial charge is 1.00 e. The maximum absolute atomic E-state index is 11.8. The normalized spacial score (nSPS) is 11.3. The van der Waals surface area contributed by atoms with Gasteiger partial charge in [-0.15, -0.1) is 0 Å². The Morgan fingerprint density at radius 2 is 1.22 bits per heavy atom. The molecule has 0 saturated carbocycles. The summed E-state index contributed by atoms with van der Waals surface area (Å²) in [4.78, 5) is 23.5. The fourth-order valence-corrected chi connectivity index (χ4v) is 8.43. The molecule has 0 aliphatic heterocycles. The van der Waals surface area contributed by atoms with Gasteiger partial charge in [0.2, 0.25) is 0 Å². The molecule has 0 spiro atoms. The summed E-state index contributed by atoms with van der Waals surface area (Å²) in [6, 6.07) is 0. The number of rotatable bonds is 17. The monoisotopic (exact) mass is 466 g/mol. The van der Waals surface area contributed by atoms with E-state index in [-0.39, 0.29) is 41.1 Å². The summed E-state index contributed by atoms with van der Waals surface area (Å²) in [5, 5.41) is 0. The van der Waals surface area contributed by atoms with Crippen LogP contribution < -0.4 is 17.0 Å². The molecule has 5 heteroatoms. The van der Waals surface area contributed by atoms with Crippen LogP contribution in [0, 0.1) is 5.92 Å². The Kier molecular flexibility index (Phi) is 19.6. The standard InChI is InChI=1S/C22H44O3P.BrH/c1-6-9-16-26(17-10-7-2,18-11-8-3)19-12-15-25-22(24)14-13-21(23)20(4)5;/h20H,6-19H2,1-5H3;1H/q+1;/p-1. The van der Waals surface area contributed by atoms with Gasteiger partial charge in [-0.25, -0.2) is 0 Å². The number of Topliss-reactive ketones (excluding diaryl/α,β-unsaturated/α-hetero) is 1. The predicted molar refractivity (Wildman–Crippen MR) is 116 cm³/mol. The second-order valence-corrected chi connectivity index (χ2v) is 12.5. The number of carbonyl (C=O) groups excluding carboxylic acids is 2. The molecule has 0 radical (unpaired) electrons. The molecule has 0 aromatic heterocycles. The van der Waals surface area contributed by atoms with E-state index in [1.807, 2.05) is 13.8 Å². The van der Waals surface area contributed by atoms with E-state index < -0.39 is 7.26 Å². The first-order chi connectivity index (χ1) is 12.4. The molecule has 0 aliphatic carbocycles. The van der Waals surface area contributed by atoms with E-state index in [9.17, 15) is 9.59 Å². The summed E-state index contributed by atoms with van der Waals surface area (Å²) in [7, 11) is -0.895. The van der Waals surface area contributed by atoms with E-state index in [4.69, 9.17) is 4.74 Å². The summed E-state index contributed by atoms with van der Waals surface area (Å²) < 4.78 is 5.41. The number of hydrogen-bond acceptors (Lipinski definition) is 3. The van der Waals surface area contributed by atoms with Crippen LogP contribution in [0.4, 0.5) is 0 Å². The third-order valence-corrected chi connectivity index (χ3v) is 10.3. The zero-order valence-corrected chi connectivity index (χ0v) is 21.0. The SMILES string of the molecule is CCCC[P+](CCCC)(CCCC)CCCOC(=O)CCC(=O)C(C)C.[Br-]. The van der Waals surface area contributed by atoms with Gasteiger partial charge in [0, 0.05) is 26.0 Å². The van der Waals surface area contributed by atoms with Crippen LogP contribution in [0.5, 0.6) is 0 Å². The highest BCUT2D eigenvalue weighted by molar-refractivity contribution is 7.75. The van der Waals surface area contributed by atoms with E-state index in [1.165, 1.54) is 63.2 Å². The molecule has 3 nitrogen and oxygen atoms in total. The topological polar surface area (TPSA) is 43.4 Å². The van der Waals surface area contributed by atoms with E-state index in [2.05, 4.69) is 20.8 Å². The first kappa shape index (κ1) is 29.3. The van der Waals surface area contributed by atoms with E-state index in [1.54, 1.807) is 0 Å². The quantitative estimate of drug-likeness (QED) is 0.187. The molecule has 0 aromatic rings. The highest BCUT2D eigenvalue weighted by Crippen LogP contribution is 2.61. The van der Waals surface area contributed by atoms with Crippen molar-refractivity contribution in [3.8, 4) is 0 Å². The maximum Gasteiger partial charge on any atom is 0.306 e. The van der Waals surface area contributed by atoms with Crippen LogP contribution in [-0.2, 0) is 14.3 Å². The van der Waals surface area contributed by atoms with Gasteiger partial charge in [0.1, 0.15) is 5.78 Å². The lowest BCUT2D eigenvalue weighted by Gasteiger charge is -2.28. The lowest BCUT2D eigenvalue weighted by atomic mass is 10.1. The molecule has 0 unspecified atom stereocenters. The van der Waals surface area contributed by atoms with Crippen molar-refractivity contribution in [3.05, 3.63) is 0 Å². The van der Waals surface area contributed by atoms with Crippen molar-refractivity contribution in [2.45, 2.75) is 92.4 Å². The van der Waals surface area contributed by atoms with Crippen LogP contribution >= 0.6 is 7.26 Å². The lowest BCUT2D eigenvalue weighted by Crippen LogP contribution is -3.00. The second-order valence-electron chi connectivity index (χ2n) is 7.99. The van der Waals surface area contributed by atoms with Crippen molar-refractivity contribution in [1.82, 2.24) is 0 Å². The van der Waals surface area contributed by atoms with E-state index in [0.29, 0.717) is 13.0 Å². The molecule has 0 fully saturated rings. The van der Waals surface area contributed by atoms with Crippen LogP contribution in [0.2, 0.25) is 0 Å². The van der Waals surface area contributed by atoms with Gasteiger partial charge < -0.3 is 21.7 Å². The van der Waals surface area contributed by atoms with Crippen molar-refractivity contribution in [3.63, 3.8) is 0 Å². The number of esters is 1. The molecule has 0 heterocycles. The molecule has 0 N–H and O–H groups in total. The van der Waals surface area contributed by atoms with Gasteiger partial charge in [-0.1, -0.05) is 53.9 Å². The van der Waals surface area contributed by atoms with Gasteiger partial charge in [0.15, 0.2) is 0 Å². The van der Waals surface area contributed by atoms with Crippen LogP contribution in [0.25, 0.3) is 0 Å². The summed E-state index contributed by atoms with van der Waals surface area (Å²) in [6.45, 7) is 11.1. The Balaban J connectivity index is 0. The van der Waals surface area contributed by atoms with Crippen LogP contribution in [0.1, 0.15) is 92.4 Å². The van der Waals surface area contributed by atoms with Gasteiger partial charge in [0.25, 0.3) is 0 Å². The third kappa shape index (κ3) is 14.7. The Morgan fingerprint density at radius 1 is 0.778 bits per heavy atom.